The Bertz CT molecular complexity index is 781. The summed E-state index contributed by atoms with van der Waals surface area (Å²) >= 11 is 0. The second-order valence-electron chi connectivity index (χ2n) is 6.35. The van der Waals surface area contributed by atoms with Gasteiger partial charge in [-0.2, -0.15) is 5.10 Å². The Kier molecular flexibility index (Phi) is 6.08. The first kappa shape index (κ1) is 18.9. The quantitative estimate of drug-likeness (QED) is 0.761. The number of aromatic nitrogens is 2. The molecule has 0 spiro atoms. The number of esters is 1. The first-order valence-electron chi connectivity index (χ1n) is 9.09. The minimum atomic E-state index is -0.452. The summed E-state index contributed by atoms with van der Waals surface area (Å²) in [5.74, 6) is -0.452. The summed E-state index contributed by atoms with van der Waals surface area (Å²) in [6.07, 6.45) is 3.76. The van der Waals surface area contributed by atoms with Gasteiger partial charge in [-0.1, -0.05) is 0 Å². The van der Waals surface area contributed by atoms with Crippen molar-refractivity contribution in [3.8, 4) is 5.69 Å². The highest BCUT2D eigenvalue weighted by Crippen LogP contribution is 2.16. The number of amides is 2. The highest BCUT2D eigenvalue weighted by Gasteiger charge is 2.23. The molecule has 2 atom stereocenters. The molecule has 2 amide bonds. The van der Waals surface area contributed by atoms with Crippen LogP contribution < -0.4 is 10.6 Å². The molecule has 8 heteroatoms. The van der Waals surface area contributed by atoms with Gasteiger partial charge < -0.3 is 20.1 Å². The van der Waals surface area contributed by atoms with Crippen LogP contribution in [0.15, 0.2) is 36.5 Å². The number of carbonyl (C=O) groups excluding carboxylic acids is 2. The number of ether oxygens (including phenoxy) is 2. The number of anilines is 1. The first-order chi connectivity index (χ1) is 13.1. The van der Waals surface area contributed by atoms with Crippen LogP contribution in [0.25, 0.3) is 5.69 Å². The molecule has 1 aromatic heterocycles. The van der Waals surface area contributed by atoms with Crippen molar-refractivity contribution in [3.63, 3.8) is 0 Å². The molecule has 0 bridgehead atoms. The summed E-state index contributed by atoms with van der Waals surface area (Å²) in [6, 6.07) is 8.45. The third-order valence-electron chi connectivity index (χ3n) is 4.34. The van der Waals surface area contributed by atoms with Crippen molar-refractivity contribution in [3.05, 3.63) is 42.2 Å². The molecule has 1 aliphatic rings. The maximum absolute atomic E-state index is 12.1. The Morgan fingerprint density at radius 3 is 2.78 bits per heavy atom. The first-order valence-corrected chi connectivity index (χ1v) is 9.09. The van der Waals surface area contributed by atoms with Crippen molar-refractivity contribution < 1.29 is 19.1 Å². The molecule has 1 fully saturated rings. The van der Waals surface area contributed by atoms with E-state index in [-0.39, 0.29) is 23.9 Å². The molecule has 8 nitrogen and oxygen atoms in total. The van der Waals surface area contributed by atoms with Gasteiger partial charge in [0, 0.05) is 18.5 Å². The van der Waals surface area contributed by atoms with Gasteiger partial charge in [0.1, 0.15) is 0 Å². The standard InChI is InChI=1S/C19H24N4O4/c1-3-26-18(24)16-10-11-23(22-16)15-8-6-14(7-9-15)21-19(25)20-13(2)17-5-4-12-27-17/h6-11,13,17H,3-5,12H2,1-2H3,(H2,20,21,25). The number of carbonyl (C=O) groups is 2. The van der Waals surface area contributed by atoms with Gasteiger partial charge in [0.25, 0.3) is 0 Å². The van der Waals surface area contributed by atoms with Crippen LogP contribution >= 0.6 is 0 Å². The molecule has 2 unspecified atom stereocenters. The molecular formula is C19H24N4O4. The molecule has 3 rings (SSSR count). The van der Waals surface area contributed by atoms with E-state index in [9.17, 15) is 9.59 Å². The lowest BCUT2D eigenvalue weighted by Gasteiger charge is -2.20. The summed E-state index contributed by atoms with van der Waals surface area (Å²) in [6.45, 7) is 4.75. The Morgan fingerprint density at radius 1 is 1.33 bits per heavy atom. The zero-order valence-electron chi connectivity index (χ0n) is 15.5. The van der Waals surface area contributed by atoms with Gasteiger partial charge in [-0.05, 0) is 57.0 Å². The zero-order valence-corrected chi connectivity index (χ0v) is 15.5. The lowest BCUT2D eigenvalue weighted by atomic mass is 10.1. The molecule has 1 aliphatic heterocycles. The van der Waals surface area contributed by atoms with Gasteiger partial charge in [0.15, 0.2) is 5.69 Å². The lowest BCUT2D eigenvalue weighted by molar-refractivity contribution is 0.0519. The van der Waals surface area contributed by atoms with E-state index < -0.39 is 5.97 Å². The summed E-state index contributed by atoms with van der Waals surface area (Å²) in [5.41, 5.74) is 1.68. The van der Waals surface area contributed by atoms with Gasteiger partial charge in [0.2, 0.25) is 0 Å². The molecule has 2 N–H and O–H groups in total. The normalized spacial score (nSPS) is 17.3. The van der Waals surface area contributed by atoms with Crippen molar-refractivity contribution >= 4 is 17.7 Å². The molecule has 1 saturated heterocycles. The van der Waals surface area contributed by atoms with Gasteiger partial charge in [-0.3, -0.25) is 0 Å². The number of nitrogens with one attached hydrogen (secondary N) is 2. The van der Waals surface area contributed by atoms with E-state index in [1.165, 1.54) is 0 Å². The van der Waals surface area contributed by atoms with E-state index in [4.69, 9.17) is 9.47 Å². The van der Waals surface area contributed by atoms with E-state index in [0.29, 0.717) is 12.3 Å². The molecule has 2 heterocycles. The Hall–Kier alpha value is -2.87. The number of urea groups is 1. The third-order valence-corrected chi connectivity index (χ3v) is 4.34. The molecule has 2 aromatic rings. The summed E-state index contributed by atoms with van der Waals surface area (Å²) in [5, 5.41) is 9.91. The van der Waals surface area contributed by atoms with Crippen molar-refractivity contribution in [1.82, 2.24) is 15.1 Å². The van der Waals surface area contributed by atoms with Gasteiger partial charge in [0.05, 0.1) is 24.4 Å². The van der Waals surface area contributed by atoms with Crippen molar-refractivity contribution in [2.45, 2.75) is 38.8 Å². The fourth-order valence-electron chi connectivity index (χ4n) is 2.94. The fraction of sp³-hybridized carbons (Fsp3) is 0.421. The SMILES string of the molecule is CCOC(=O)c1ccn(-c2ccc(NC(=O)NC(C)C3CCCO3)cc2)n1. The zero-order chi connectivity index (χ0) is 19.2. The molecular weight excluding hydrogens is 348 g/mol. The highest BCUT2D eigenvalue weighted by atomic mass is 16.5. The largest absolute Gasteiger partial charge is 0.461 e. The Morgan fingerprint density at radius 2 is 2.11 bits per heavy atom. The van der Waals surface area contributed by atoms with E-state index in [1.807, 2.05) is 6.92 Å². The topological polar surface area (TPSA) is 94.5 Å². The maximum atomic E-state index is 12.1. The van der Waals surface area contributed by atoms with Crippen LogP contribution in [-0.2, 0) is 9.47 Å². The average molecular weight is 372 g/mol. The summed E-state index contributed by atoms with van der Waals surface area (Å²) in [4.78, 5) is 23.8. The summed E-state index contributed by atoms with van der Waals surface area (Å²) in [7, 11) is 0. The minimum Gasteiger partial charge on any atom is -0.461 e. The molecule has 1 aromatic carbocycles. The second-order valence-corrected chi connectivity index (χ2v) is 6.35. The van der Waals surface area contributed by atoms with Crippen molar-refractivity contribution in [1.29, 1.82) is 0 Å². The Labute approximate surface area is 157 Å². The van der Waals surface area contributed by atoms with Crippen LogP contribution in [0.3, 0.4) is 0 Å². The monoisotopic (exact) mass is 372 g/mol. The van der Waals surface area contributed by atoms with E-state index in [0.717, 1.165) is 25.1 Å². The van der Waals surface area contributed by atoms with E-state index >= 15 is 0 Å². The molecule has 0 aliphatic carbocycles. The molecule has 0 radical (unpaired) electrons. The van der Waals surface area contributed by atoms with Crippen LogP contribution in [0.4, 0.5) is 10.5 Å². The van der Waals surface area contributed by atoms with E-state index in [2.05, 4.69) is 15.7 Å². The molecule has 144 valence electrons. The summed E-state index contributed by atoms with van der Waals surface area (Å²) < 4.78 is 12.1. The van der Waals surface area contributed by atoms with Gasteiger partial charge in [-0.25, -0.2) is 14.3 Å². The Balaban J connectivity index is 1.57. The minimum absolute atomic E-state index is 0.0443. The van der Waals surface area contributed by atoms with Crippen molar-refractivity contribution in [2.75, 3.05) is 18.5 Å². The number of hydrogen-bond acceptors (Lipinski definition) is 5. The van der Waals surface area contributed by atoms with Gasteiger partial charge >= 0.3 is 12.0 Å². The number of rotatable bonds is 6. The second kappa shape index (κ2) is 8.68. The van der Waals surface area contributed by atoms with Crippen LogP contribution in [0, 0.1) is 0 Å². The number of nitrogens with zero attached hydrogens (tertiary/aromatic N) is 2. The average Bonchev–Trinajstić information content (AvgIpc) is 3.35. The van der Waals surface area contributed by atoms with Crippen LogP contribution in [0.2, 0.25) is 0 Å². The number of benzene rings is 1. The third kappa shape index (κ3) is 4.85. The maximum Gasteiger partial charge on any atom is 0.358 e. The molecule has 0 saturated carbocycles. The van der Waals surface area contributed by atoms with Crippen LogP contribution in [0.5, 0.6) is 0 Å². The van der Waals surface area contributed by atoms with Gasteiger partial charge in [-0.15, -0.1) is 0 Å². The lowest BCUT2D eigenvalue weighted by Crippen LogP contribution is -2.42. The van der Waals surface area contributed by atoms with E-state index in [1.54, 1.807) is 48.1 Å². The predicted octanol–water partition coefficient (Wildman–Crippen LogP) is 2.74. The molecule has 27 heavy (non-hydrogen) atoms. The smallest absolute Gasteiger partial charge is 0.358 e. The van der Waals surface area contributed by atoms with Crippen molar-refractivity contribution in [2.24, 2.45) is 0 Å². The number of hydrogen-bond donors (Lipinski definition) is 2. The van der Waals surface area contributed by atoms with Crippen LogP contribution in [0.1, 0.15) is 37.2 Å². The fourth-order valence-corrected chi connectivity index (χ4v) is 2.94. The van der Waals surface area contributed by atoms with Crippen LogP contribution in [-0.4, -0.2) is 47.1 Å². The predicted molar refractivity (Wildman–Crippen MR) is 100 cm³/mol. The highest BCUT2D eigenvalue weighted by molar-refractivity contribution is 5.89.